The van der Waals surface area contributed by atoms with E-state index in [-0.39, 0.29) is 0 Å². The van der Waals surface area contributed by atoms with E-state index in [1.807, 2.05) is 0 Å². The lowest BCUT2D eigenvalue weighted by molar-refractivity contribution is -0.123. The van der Waals surface area contributed by atoms with Gasteiger partial charge >= 0.3 is 0 Å². The average molecular weight is 226 g/mol. The third-order valence-electron chi connectivity index (χ3n) is 3.47. The molecule has 0 aliphatic heterocycles. The Morgan fingerprint density at radius 2 is 1.31 bits per heavy atom. The Morgan fingerprint density at radius 1 is 0.812 bits per heavy atom. The Labute approximate surface area is 102 Å². The zero-order valence-corrected chi connectivity index (χ0v) is 11.6. The summed E-state index contributed by atoms with van der Waals surface area (Å²) in [5.41, 5.74) is 0. The first kappa shape index (κ1) is 15.7. The quantitative estimate of drug-likeness (QED) is 0.446. The maximum absolute atomic E-state index is 11.7. The predicted molar refractivity (Wildman–Crippen MR) is 71.7 cm³/mol. The molecule has 0 spiro atoms. The summed E-state index contributed by atoms with van der Waals surface area (Å²) < 4.78 is 0. The van der Waals surface area contributed by atoms with Crippen molar-refractivity contribution in [2.45, 2.75) is 85.0 Å². The molecule has 0 aromatic carbocycles. The summed E-state index contributed by atoms with van der Waals surface area (Å²) in [5, 5.41) is 0. The van der Waals surface area contributed by atoms with Crippen LogP contribution in [0.1, 0.15) is 85.0 Å². The van der Waals surface area contributed by atoms with Crippen LogP contribution >= 0.6 is 0 Å². The van der Waals surface area contributed by atoms with E-state index in [1.54, 1.807) is 0 Å². The minimum Gasteiger partial charge on any atom is -0.299 e. The van der Waals surface area contributed by atoms with Crippen LogP contribution in [0.5, 0.6) is 0 Å². The van der Waals surface area contributed by atoms with Gasteiger partial charge in [0.25, 0.3) is 0 Å². The van der Waals surface area contributed by atoms with Crippen molar-refractivity contribution in [3.8, 4) is 0 Å². The lowest BCUT2D eigenvalue weighted by Gasteiger charge is -2.10. The summed E-state index contributed by atoms with van der Waals surface area (Å²) in [6.07, 6.45) is 11.9. The molecule has 0 aliphatic carbocycles. The molecule has 0 saturated carbocycles. The Kier molecular flexibility index (Phi) is 10.9. The summed E-state index contributed by atoms with van der Waals surface area (Å²) >= 11 is 0. The van der Waals surface area contributed by atoms with Crippen LogP contribution < -0.4 is 0 Å². The molecule has 0 unspecified atom stereocenters. The molecule has 0 atom stereocenters. The summed E-state index contributed by atoms with van der Waals surface area (Å²) in [4.78, 5) is 11.7. The van der Waals surface area contributed by atoms with Crippen molar-refractivity contribution in [1.82, 2.24) is 0 Å². The van der Waals surface area contributed by atoms with Gasteiger partial charge in [0.15, 0.2) is 0 Å². The largest absolute Gasteiger partial charge is 0.299 e. The van der Waals surface area contributed by atoms with Crippen molar-refractivity contribution >= 4 is 5.78 Å². The third kappa shape index (κ3) is 7.90. The Morgan fingerprint density at radius 3 is 1.81 bits per heavy atom. The standard InChI is InChI=1S/C15H30O/c1-4-7-8-9-10-11-12-13-15(16)14(5-2)6-3/h14H,4-13H2,1-3H3. The van der Waals surface area contributed by atoms with Gasteiger partial charge in [0.2, 0.25) is 0 Å². The van der Waals surface area contributed by atoms with Gasteiger partial charge in [-0.05, 0) is 19.3 Å². The second-order valence-electron chi connectivity index (χ2n) is 4.85. The summed E-state index contributed by atoms with van der Waals surface area (Å²) in [6.45, 7) is 6.49. The summed E-state index contributed by atoms with van der Waals surface area (Å²) in [5.74, 6) is 0.832. The molecule has 0 N–H and O–H groups in total. The van der Waals surface area contributed by atoms with E-state index in [4.69, 9.17) is 0 Å². The van der Waals surface area contributed by atoms with E-state index in [0.29, 0.717) is 11.7 Å². The molecule has 0 bridgehead atoms. The second-order valence-corrected chi connectivity index (χ2v) is 4.85. The second kappa shape index (κ2) is 11.2. The van der Waals surface area contributed by atoms with Crippen molar-refractivity contribution in [1.29, 1.82) is 0 Å². The lowest BCUT2D eigenvalue weighted by atomic mass is 9.94. The van der Waals surface area contributed by atoms with Crippen LogP contribution in [0.3, 0.4) is 0 Å². The highest BCUT2D eigenvalue weighted by Gasteiger charge is 2.12. The van der Waals surface area contributed by atoms with Crippen LogP contribution in [0, 0.1) is 5.92 Å². The average Bonchev–Trinajstić information content (AvgIpc) is 2.29. The fourth-order valence-corrected chi connectivity index (χ4v) is 2.20. The van der Waals surface area contributed by atoms with E-state index in [0.717, 1.165) is 25.7 Å². The molecule has 1 heteroatoms. The van der Waals surface area contributed by atoms with Crippen molar-refractivity contribution in [2.24, 2.45) is 5.92 Å². The molecule has 0 rings (SSSR count). The Bertz CT molecular complexity index is 159. The highest BCUT2D eigenvalue weighted by Crippen LogP contribution is 2.14. The third-order valence-corrected chi connectivity index (χ3v) is 3.47. The molecule has 0 fully saturated rings. The number of rotatable bonds is 11. The minimum absolute atomic E-state index is 0.333. The van der Waals surface area contributed by atoms with Crippen LogP contribution in [0.15, 0.2) is 0 Å². The lowest BCUT2D eigenvalue weighted by Crippen LogP contribution is -2.12. The van der Waals surface area contributed by atoms with Gasteiger partial charge in [-0.3, -0.25) is 4.79 Å². The number of carbonyl (C=O) groups is 1. The fourth-order valence-electron chi connectivity index (χ4n) is 2.20. The zero-order valence-electron chi connectivity index (χ0n) is 11.6. The highest BCUT2D eigenvalue weighted by molar-refractivity contribution is 5.80. The molecule has 0 aromatic rings. The number of hydrogen-bond donors (Lipinski definition) is 0. The maximum Gasteiger partial charge on any atom is 0.135 e. The van der Waals surface area contributed by atoms with Crippen LogP contribution in [-0.2, 0) is 4.79 Å². The molecule has 96 valence electrons. The molecule has 0 aromatic heterocycles. The number of ketones is 1. The predicted octanol–water partition coefficient (Wildman–Crippen LogP) is 5.13. The van der Waals surface area contributed by atoms with E-state index in [9.17, 15) is 4.79 Å². The van der Waals surface area contributed by atoms with E-state index < -0.39 is 0 Å². The first-order valence-electron chi connectivity index (χ1n) is 7.28. The van der Waals surface area contributed by atoms with E-state index in [1.165, 1.54) is 38.5 Å². The number of unbranched alkanes of at least 4 members (excludes halogenated alkanes) is 6. The topological polar surface area (TPSA) is 17.1 Å². The van der Waals surface area contributed by atoms with Gasteiger partial charge in [-0.1, -0.05) is 59.3 Å². The van der Waals surface area contributed by atoms with Crippen LogP contribution in [0.4, 0.5) is 0 Å². The fraction of sp³-hybridized carbons (Fsp3) is 0.933. The van der Waals surface area contributed by atoms with Crippen molar-refractivity contribution in [3.05, 3.63) is 0 Å². The van der Waals surface area contributed by atoms with Crippen molar-refractivity contribution in [3.63, 3.8) is 0 Å². The number of carbonyl (C=O) groups excluding carboxylic acids is 1. The summed E-state index contributed by atoms with van der Waals surface area (Å²) in [6, 6.07) is 0. The molecular weight excluding hydrogens is 196 g/mol. The molecule has 0 heterocycles. The monoisotopic (exact) mass is 226 g/mol. The molecule has 0 amide bonds. The van der Waals surface area contributed by atoms with Gasteiger partial charge in [0, 0.05) is 12.3 Å². The molecule has 16 heavy (non-hydrogen) atoms. The number of hydrogen-bond acceptors (Lipinski definition) is 1. The highest BCUT2D eigenvalue weighted by atomic mass is 16.1. The van der Waals surface area contributed by atoms with Crippen molar-refractivity contribution in [2.75, 3.05) is 0 Å². The SMILES string of the molecule is CCCCCCCCCC(=O)C(CC)CC. The summed E-state index contributed by atoms with van der Waals surface area (Å²) in [7, 11) is 0. The zero-order chi connectivity index (χ0) is 12.2. The molecule has 1 nitrogen and oxygen atoms in total. The molecule has 0 aliphatic rings. The first-order valence-corrected chi connectivity index (χ1v) is 7.28. The van der Waals surface area contributed by atoms with E-state index >= 15 is 0 Å². The molecule has 0 saturated heterocycles. The van der Waals surface area contributed by atoms with Gasteiger partial charge in [-0.15, -0.1) is 0 Å². The van der Waals surface area contributed by atoms with Crippen molar-refractivity contribution < 1.29 is 4.79 Å². The molecular formula is C15H30O. The molecule has 0 radical (unpaired) electrons. The Balaban J connectivity index is 3.33. The van der Waals surface area contributed by atoms with Gasteiger partial charge < -0.3 is 0 Å². The van der Waals surface area contributed by atoms with Gasteiger partial charge in [0.1, 0.15) is 5.78 Å². The van der Waals surface area contributed by atoms with Crippen LogP contribution in [-0.4, -0.2) is 5.78 Å². The van der Waals surface area contributed by atoms with Crippen LogP contribution in [0.2, 0.25) is 0 Å². The van der Waals surface area contributed by atoms with Gasteiger partial charge in [0.05, 0.1) is 0 Å². The van der Waals surface area contributed by atoms with E-state index in [2.05, 4.69) is 20.8 Å². The first-order chi connectivity index (χ1) is 7.76. The maximum atomic E-state index is 11.7. The Hall–Kier alpha value is -0.330. The normalized spacial score (nSPS) is 11.0. The van der Waals surface area contributed by atoms with Gasteiger partial charge in [-0.25, -0.2) is 0 Å². The minimum atomic E-state index is 0.333. The number of Topliss-reactive ketones (excluding diaryl/α,β-unsaturated/α-hetero) is 1. The van der Waals surface area contributed by atoms with Gasteiger partial charge in [-0.2, -0.15) is 0 Å². The smallest absolute Gasteiger partial charge is 0.135 e. The van der Waals surface area contributed by atoms with Crippen LogP contribution in [0.25, 0.3) is 0 Å².